The van der Waals surface area contributed by atoms with Crippen LogP contribution in [0.5, 0.6) is 0 Å². The first-order valence-electron chi connectivity index (χ1n) is 14.3. The molecule has 4 heteroatoms. The fraction of sp³-hybridized carbons (Fsp3) is 0.964. The normalized spacial score (nSPS) is 17.2. The van der Waals surface area contributed by atoms with E-state index < -0.39 is 0 Å². The zero-order valence-electron chi connectivity index (χ0n) is 21.6. The predicted octanol–water partition coefficient (Wildman–Crippen LogP) is 9.01. The van der Waals surface area contributed by atoms with Crippen molar-refractivity contribution in [1.29, 1.82) is 0 Å². The van der Waals surface area contributed by atoms with Gasteiger partial charge < -0.3 is 10.0 Å². The Kier molecular flexibility index (Phi) is 20.1. The number of hydrogen-bond acceptors (Lipinski definition) is 3. The van der Waals surface area contributed by atoms with Gasteiger partial charge in [0.1, 0.15) is 16.9 Å². The van der Waals surface area contributed by atoms with E-state index in [1.807, 2.05) is 0 Å². The van der Waals surface area contributed by atoms with Gasteiger partial charge in [-0.3, -0.25) is 4.99 Å². The number of alkyl halides is 1. The predicted molar refractivity (Wildman–Crippen MR) is 146 cm³/mol. The van der Waals surface area contributed by atoms with E-state index in [0.717, 1.165) is 38.2 Å². The summed E-state index contributed by atoms with van der Waals surface area (Å²) in [5.74, 6) is 0.913. The third kappa shape index (κ3) is 15.7. The number of amidine groups is 1. The molecule has 0 bridgehead atoms. The van der Waals surface area contributed by atoms with Crippen LogP contribution in [0.1, 0.15) is 149 Å². The second kappa shape index (κ2) is 21.4. The van der Waals surface area contributed by atoms with E-state index >= 15 is 0 Å². The first kappa shape index (κ1) is 29.9. The maximum absolute atomic E-state index is 10.5. The lowest BCUT2D eigenvalue weighted by atomic mass is 10.0. The number of hydrogen-bond donors (Lipinski definition) is 1. The maximum Gasteiger partial charge on any atom is 0.129 e. The maximum atomic E-state index is 10.5. The van der Waals surface area contributed by atoms with Crippen LogP contribution in [-0.4, -0.2) is 40.0 Å². The molecule has 2 unspecified atom stereocenters. The second-order valence-corrected chi connectivity index (χ2v) is 11.1. The molecule has 0 amide bonds. The number of aliphatic hydroxyl groups excluding tert-OH is 1. The minimum absolute atomic E-state index is 0.156. The minimum Gasteiger partial charge on any atom is -0.385 e. The van der Waals surface area contributed by atoms with Gasteiger partial charge >= 0.3 is 0 Å². The van der Waals surface area contributed by atoms with Crippen molar-refractivity contribution < 1.29 is 5.11 Å². The molecule has 0 aromatic carbocycles. The van der Waals surface area contributed by atoms with Crippen molar-refractivity contribution in [1.82, 2.24) is 4.90 Å². The zero-order chi connectivity index (χ0) is 23.3. The van der Waals surface area contributed by atoms with Crippen LogP contribution in [0, 0.1) is 0 Å². The molecule has 1 aliphatic heterocycles. The molecule has 0 saturated carbocycles. The van der Waals surface area contributed by atoms with Crippen LogP contribution in [0.15, 0.2) is 4.99 Å². The first-order chi connectivity index (χ1) is 15.7. The number of halogens is 1. The van der Waals surface area contributed by atoms with Crippen LogP contribution in [0.2, 0.25) is 0 Å². The Bertz CT molecular complexity index is 443. The highest BCUT2D eigenvalue weighted by Crippen LogP contribution is 2.20. The van der Waals surface area contributed by atoms with Gasteiger partial charge in [0, 0.05) is 6.54 Å². The highest BCUT2D eigenvalue weighted by molar-refractivity contribution is 9.09. The van der Waals surface area contributed by atoms with Gasteiger partial charge in [0.15, 0.2) is 0 Å². The van der Waals surface area contributed by atoms with Crippen molar-refractivity contribution in [3.63, 3.8) is 0 Å². The summed E-state index contributed by atoms with van der Waals surface area (Å²) in [6.45, 7) is 6.38. The highest BCUT2D eigenvalue weighted by atomic mass is 79.9. The highest BCUT2D eigenvalue weighted by Gasteiger charge is 2.27. The van der Waals surface area contributed by atoms with Crippen LogP contribution in [0.3, 0.4) is 0 Å². The van der Waals surface area contributed by atoms with E-state index in [4.69, 9.17) is 0 Å². The summed E-state index contributed by atoms with van der Waals surface area (Å²) in [5, 5.41) is 10.5. The SMILES string of the molecule is CCCCCCCCCCCCCCCCCCCCCC(O)C1=NC(Br)CN1CCC. The van der Waals surface area contributed by atoms with Crippen LogP contribution < -0.4 is 0 Å². The van der Waals surface area contributed by atoms with E-state index in [9.17, 15) is 5.11 Å². The van der Waals surface area contributed by atoms with E-state index in [1.54, 1.807) is 0 Å². The molecule has 2 atom stereocenters. The van der Waals surface area contributed by atoms with E-state index in [1.165, 1.54) is 116 Å². The Balaban J connectivity index is 1.80. The summed E-state index contributed by atoms with van der Waals surface area (Å²) >= 11 is 3.58. The van der Waals surface area contributed by atoms with Crippen molar-refractivity contribution in [3.05, 3.63) is 0 Å². The molecular formula is C28H55BrN2O. The summed E-state index contributed by atoms with van der Waals surface area (Å²) < 4.78 is 0. The molecule has 0 saturated heterocycles. The summed E-state index contributed by atoms with van der Waals surface area (Å²) in [7, 11) is 0. The van der Waals surface area contributed by atoms with Crippen molar-refractivity contribution in [2.45, 2.75) is 160 Å². The Morgan fingerprint density at radius 3 is 1.53 bits per heavy atom. The topological polar surface area (TPSA) is 35.8 Å². The number of nitrogens with zero attached hydrogens (tertiary/aromatic N) is 2. The van der Waals surface area contributed by atoms with Crippen LogP contribution >= 0.6 is 15.9 Å². The molecule has 0 fully saturated rings. The lowest BCUT2D eigenvalue weighted by Gasteiger charge is -2.23. The minimum atomic E-state index is -0.380. The first-order valence-corrected chi connectivity index (χ1v) is 15.2. The lowest BCUT2D eigenvalue weighted by Crippen LogP contribution is -2.37. The smallest absolute Gasteiger partial charge is 0.129 e. The quantitative estimate of drug-likeness (QED) is 0.0837. The molecule has 1 N–H and O–H groups in total. The molecule has 3 nitrogen and oxygen atoms in total. The third-order valence-corrected chi connectivity index (χ3v) is 7.33. The molecule has 190 valence electrons. The van der Waals surface area contributed by atoms with Gasteiger partial charge in [0.25, 0.3) is 0 Å². The molecule has 0 aromatic rings. The van der Waals surface area contributed by atoms with Crippen LogP contribution in [0.25, 0.3) is 0 Å². The fourth-order valence-electron chi connectivity index (χ4n) is 4.86. The summed E-state index contributed by atoms with van der Waals surface area (Å²) in [4.78, 5) is 7.00. The summed E-state index contributed by atoms with van der Waals surface area (Å²) in [6, 6.07) is 0. The molecule has 0 aromatic heterocycles. The van der Waals surface area contributed by atoms with Crippen LogP contribution in [0.4, 0.5) is 0 Å². The van der Waals surface area contributed by atoms with E-state index in [0.29, 0.717) is 0 Å². The second-order valence-electron chi connectivity index (χ2n) is 10.0. The van der Waals surface area contributed by atoms with Crippen molar-refractivity contribution in [2.24, 2.45) is 4.99 Å². The largest absolute Gasteiger partial charge is 0.385 e. The molecular weight excluding hydrogens is 460 g/mol. The standard InChI is InChI=1S/C28H55BrN2O/c1-3-5-6-7-8-9-10-11-12-13-14-15-16-17-18-19-20-21-22-23-26(32)28-30-27(29)25-31(28)24-4-2/h26-27,32H,3-25H2,1-2H3. The molecule has 32 heavy (non-hydrogen) atoms. The Morgan fingerprint density at radius 2 is 1.12 bits per heavy atom. The van der Waals surface area contributed by atoms with Gasteiger partial charge in [-0.15, -0.1) is 0 Å². The molecule has 0 spiro atoms. The summed E-state index contributed by atoms with van der Waals surface area (Å²) in [5.41, 5.74) is 0. The van der Waals surface area contributed by atoms with Crippen molar-refractivity contribution >= 4 is 21.8 Å². The molecule has 1 rings (SSSR count). The average molecular weight is 516 g/mol. The van der Waals surface area contributed by atoms with Gasteiger partial charge in [-0.2, -0.15) is 0 Å². The van der Waals surface area contributed by atoms with Crippen molar-refractivity contribution in [2.75, 3.05) is 13.1 Å². The van der Waals surface area contributed by atoms with Gasteiger partial charge in [-0.25, -0.2) is 0 Å². The number of rotatable bonds is 23. The summed E-state index contributed by atoms with van der Waals surface area (Å²) in [6.07, 6.45) is 28.2. The van der Waals surface area contributed by atoms with Gasteiger partial charge in [0.2, 0.25) is 0 Å². The number of aliphatic hydroxyl groups is 1. The monoisotopic (exact) mass is 514 g/mol. The Hall–Kier alpha value is -0.0900. The fourth-order valence-corrected chi connectivity index (χ4v) is 5.42. The van der Waals surface area contributed by atoms with E-state index in [-0.39, 0.29) is 11.1 Å². The zero-order valence-corrected chi connectivity index (χ0v) is 23.2. The van der Waals surface area contributed by atoms with Crippen LogP contribution in [-0.2, 0) is 0 Å². The van der Waals surface area contributed by atoms with E-state index in [2.05, 4.69) is 39.7 Å². The molecule has 0 radical (unpaired) electrons. The number of aliphatic imine (C=N–C) groups is 1. The third-order valence-electron chi connectivity index (χ3n) is 6.84. The van der Waals surface area contributed by atoms with Gasteiger partial charge in [-0.1, -0.05) is 152 Å². The Morgan fingerprint density at radius 1 is 0.719 bits per heavy atom. The molecule has 1 heterocycles. The van der Waals surface area contributed by atoms with Crippen molar-refractivity contribution in [3.8, 4) is 0 Å². The lowest BCUT2D eigenvalue weighted by molar-refractivity contribution is 0.209. The Labute approximate surface area is 209 Å². The van der Waals surface area contributed by atoms with Gasteiger partial charge in [0.05, 0.1) is 6.54 Å². The molecule has 1 aliphatic rings. The number of unbranched alkanes of at least 4 members (excludes halogenated alkanes) is 18. The molecule has 0 aliphatic carbocycles. The van der Waals surface area contributed by atoms with Gasteiger partial charge in [-0.05, 0) is 12.8 Å². The average Bonchev–Trinajstić information content (AvgIpc) is 3.15.